The molecule has 0 bridgehead atoms. The van der Waals surface area contributed by atoms with Gasteiger partial charge in [-0.1, -0.05) is 30.3 Å². The van der Waals surface area contributed by atoms with E-state index in [2.05, 4.69) is 41.7 Å². The van der Waals surface area contributed by atoms with Crippen LogP contribution in [0.2, 0.25) is 0 Å². The van der Waals surface area contributed by atoms with E-state index >= 15 is 0 Å². The SMILES string of the molecule is ClCC1CNc2ccc3ccccc3c21. The predicted octanol–water partition coefficient (Wildman–Crippen LogP) is 3.59. The molecule has 1 heterocycles. The highest BCUT2D eigenvalue weighted by atomic mass is 35.5. The monoisotopic (exact) mass is 217 g/mol. The van der Waals surface area contributed by atoms with E-state index in [1.54, 1.807) is 0 Å². The number of alkyl halides is 1. The fourth-order valence-corrected chi connectivity index (χ4v) is 2.62. The van der Waals surface area contributed by atoms with Gasteiger partial charge < -0.3 is 5.32 Å². The van der Waals surface area contributed by atoms with Crippen LogP contribution in [0.25, 0.3) is 10.8 Å². The van der Waals surface area contributed by atoms with Crippen molar-refractivity contribution in [1.82, 2.24) is 0 Å². The summed E-state index contributed by atoms with van der Waals surface area (Å²) in [5.41, 5.74) is 2.64. The molecule has 1 aliphatic rings. The molecule has 0 spiro atoms. The first kappa shape index (κ1) is 9.05. The highest BCUT2D eigenvalue weighted by Crippen LogP contribution is 2.37. The van der Waals surface area contributed by atoms with E-state index in [1.807, 2.05) is 0 Å². The summed E-state index contributed by atoms with van der Waals surface area (Å²) in [5, 5.41) is 6.05. The fraction of sp³-hybridized carbons (Fsp3) is 0.231. The Hall–Kier alpha value is -1.21. The Balaban J connectivity index is 2.32. The normalized spacial score (nSPS) is 18.9. The van der Waals surface area contributed by atoms with Crippen molar-refractivity contribution in [2.75, 3.05) is 17.7 Å². The summed E-state index contributed by atoms with van der Waals surface area (Å²) >= 11 is 6.00. The van der Waals surface area contributed by atoms with Gasteiger partial charge in [-0.05, 0) is 22.4 Å². The van der Waals surface area contributed by atoms with Crippen LogP contribution in [-0.2, 0) is 0 Å². The van der Waals surface area contributed by atoms with E-state index in [1.165, 1.54) is 22.0 Å². The van der Waals surface area contributed by atoms with Gasteiger partial charge >= 0.3 is 0 Å². The summed E-state index contributed by atoms with van der Waals surface area (Å²) in [7, 11) is 0. The summed E-state index contributed by atoms with van der Waals surface area (Å²) in [5.74, 6) is 1.14. The number of hydrogen-bond acceptors (Lipinski definition) is 1. The number of halogens is 1. The van der Waals surface area contributed by atoms with Gasteiger partial charge in [0.05, 0.1) is 0 Å². The highest BCUT2D eigenvalue weighted by Gasteiger charge is 2.23. The minimum atomic E-state index is 0.452. The number of anilines is 1. The van der Waals surface area contributed by atoms with Crippen molar-refractivity contribution >= 4 is 28.1 Å². The number of fused-ring (bicyclic) bond motifs is 3. The zero-order valence-electron chi connectivity index (χ0n) is 8.33. The number of nitrogens with one attached hydrogen (secondary N) is 1. The summed E-state index contributed by atoms with van der Waals surface area (Å²) in [4.78, 5) is 0. The van der Waals surface area contributed by atoms with Crippen LogP contribution in [-0.4, -0.2) is 12.4 Å². The Morgan fingerprint density at radius 2 is 2.07 bits per heavy atom. The van der Waals surface area contributed by atoms with Crippen molar-refractivity contribution in [3.8, 4) is 0 Å². The minimum absolute atomic E-state index is 0.452. The molecule has 2 aromatic rings. The van der Waals surface area contributed by atoms with Crippen LogP contribution in [0.4, 0.5) is 5.69 Å². The molecule has 1 N–H and O–H groups in total. The molecular weight excluding hydrogens is 206 g/mol. The average Bonchev–Trinajstić information content (AvgIpc) is 2.72. The third kappa shape index (κ3) is 1.30. The lowest BCUT2D eigenvalue weighted by Gasteiger charge is -2.09. The van der Waals surface area contributed by atoms with E-state index in [0.29, 0.717) is 11.8 Å². The molecule has 2 heteroatoms. The van der Waals surface area contributed by atoms with Gasteiger partial charge in [0, 0.05) is 24.0 Å². The van der Waals surface area contributed by atoms with Gasteiger partial charge in [0.1, 0.15) is 0 Å². The van der Waals surface area contributed by atoms with Gasteiger partial charge in [-0.25, -0.2) is 0 Å². The Kier molecular flexibility index (Phi) is 2.06. The maximum atomic E-state index is 6.00. The molecule has 1 unspecified atom stereocenters. The lowest BCUT2D eigenvalue weighted by molar-refractivity contribution is 0.869. The Bertz CT molecular complexity index is 507. The molecule has 2 aromatic carbocycles. The second-order valence-corrected chi connectivity index (χ2v) is 4.29. The average molecular weight is 218 g/mol. The molecule has 0 saturated carbocycles. The summed E-state index contributed by atoms with van der Waals surface area (Å²) in [6, 6.07) is 12.8. The summed E-state index contributed by atoms with van der Waals surface area (Å²) < 4.78 is 0. The third-order valence-corrected chi connectivity index (χ3v) is 3.48. The van der Waals surface area contributed by atoms with Crippen LogP contribution < -0.4 is 5.32 Å². The maximum Gasteiger partial charge on any atom is 0.0383 e. The van der Waals surface area contributed by atoms with Crippen molar-refractivity contribution in [3.05, 3.63) is 42.0 Å². The van der Waals surface area contributed by atoms with E-state index < -0.39 is 0 Å². The molecule has 1 nitrogen and oxygen atoms in total. The molecule has 0 fully saturated rings. The van der Waals surface area contributed by atoms with Crippen molar-refractivity contribution in [3.63, 3.8) is 0 Å². The van der Waals surface area contributed by atoms with Gasteiger partial charge in [-0.15, -0.1) is 11.6 Å². The van der Waals surface area contributed by atoms with Crippen molar-refractivity contribution in [1.29, 1.82) is 0 Å². The topological polar surface area (TPSA) is 12.0 Å². The molecule has 3 rings (SSSR count). The van der Waals surface area contributed by atoms with Gasteiger partial charge in [0.15, 0.2) is 0 Å². The predicted molar refractivity (Wildman–Crippen MR) is 65.9 cm³/mol. The zero-order chi connectivity index (χ0) is 10.3. The molecule has 0 aromatic heterocycles. The van der Waals surface area contributed by atoms with Crippen LogP contribution in [0.5, 0.6) is 0 Å². The van der Waals surface area contributed by atoms with Crippen LogP contribution in [0.3, 0.4) is 0 Å². The molecule has 0 saturated heterocycles. The van der Waals surface area contributed by atoms with E-state index in [4.69, 9.17) is 11.6 Å². The van der Waals surface area contributed by atoms with E-state index in [9.17, 15) is 0 Å². The van der Waals surface area contributed by atoms with Crippen LogP contribution in [0.15, 0.2) is 36.4 Å². The Morgan fingerprint density at radius 3 is 2.93 bits per heavy atom. The zero-order valence-corrected chi connectivity index (χ0v) is 9.09. The number of benzene rings is 2. The Labute approximate surface area is 94.1 Å². The summed E-state index contributed by atoms with van der Waals surface area (Å²) in [6.07, 6.45) is 0. The molecule has 76 valence electrons. The number of hydrogen-bond donors (Lipinski definition) is 1. The molecular formula is C13H12ClN. The maximum absolute atomic E-state index is 6.00. The molecule has 0 radical (unpaired) electrons. The number of rotatable bonds is 1. The van der Waals surface area contributed by atoms with Gasteiger partial charge in [-0.2, -0.15) is 0 Å². The van der Waals surface area contributed by atoms with E-state index in [-0.39, 0.29) is 0 Å². The third-order valence-electron chi connectivity index (χ3n) is 3.10. The van der Waals surface area contributed by atoms with Gasteiger partial charge in [0.2, 0.25) is 0 Å². The first-order valence-electron chi connectivity index (χ1n) is 5.21. The quantitative estimate of drug-likeness (QED) is 0.720. The minimum Gasteiger partial charge on any atom is -0.384 e. The second kappa shape index (κ2) is 3.42. The van der Waals surface area contributed by atoms with Crippen molar-refractivity contribution < 1.29 is 0 Å². The highest BCUT2D eigenvalue weighted by molar-refractivity contribution is 6.18. The largest absolute Gasteiger partial charge is 0.384 e. The molecule has 0 amide bonds. The van der Waals surface area contributed by atoms with E-state index in [0.717, 1.165) is 6.54 Å². The molecule has 1 atom stereocenters. The van der Waals surface area contributed by atoms with Gasteiger partial charge in [0.25, 0.3) is 0 Å². The lowest BCUT2D eigenvalue weighted by atomic mass is 9.96. The fourth-order valence-electron chi connectivity index (χ4n) is 2.36. The van der Waals surface area contributed by atoms with Crippen LogP contribution in [0.1, 0.15) is 11.5 Å². The molecule has 15 heavy (non-hydrogen) atoms. The van der Waals surface area contributed by atoms with Crippen LogP contribution in [0, 0.1) is 0 Å². The second-order valence-electron chi connectivity index (χ2n) is 3.98. The Morgan fingerprint density at radius 1 is 1.20 bits per heavy atom. The smallest absolute Gasteiger partial charge is 0.0383 e. The molecule has 0 aliphatic carbocycles. The van der Waals surface area contributed by atoms with Crippen molar-refractivity contribution in [2.24, 2.45) is 0 Å². The molecule has 1 aliphatic heterocycles. The lowest BCUT2D eigenvalue weighted by Crippen LogP contribution is -2.02. The van der Waals surface area contributed by atoms with Crippen molar-refractivity contribution in [2.45, 2.75) is 5.92 Å². The first-order valence-corrected chi connectivity index (χ1v) is 5.75. The summed E-state index contributed by atoms with van der Waals surface area (Å²) in [6.45, 7) is 0.965. The van der Waals surface area contributed by atoms with Gasteiger partial charge in [-0.3, -0.25) is 0 Å². The van der Waals surface area contributed by atoms with Crippen LogP contribution >= 0.6 is 11.6 Å². The standard InChI is InChI=1S/C13H12ClN/c14-7-10-8-15-12-6-5-9-3-1-2-4-11(9)13(10)12/h1-6,10,15H,7-8H2. The first-order chi connectivity index (χ1) is 7.40.